The monoisotopic (exact) mass is 335 g/mol. The van der Waals surface area contributed by atoms with Gasteiger partial charge in [0.2, 0.25) is 5.91 Å². The number of halogens is 1. The molecular weight excluding hydrogens is 314 g/mol. The van der Waals surface area contributed by atoms with Gasteiger partial charge in [-0.25, -0.2) is 4.79 Å². The lowest BCUT2D eigenvalue weighted by atomic mass is 10.1. The number of urea groups is 1. The Morgan fingerprint density at radius 3 is 2.74 bits per heavy atom. The van der Waals surface area contributed by atoms with E-state index in [1.54, 1.807) is 4.90 Å². The first-order valence-corrected chi connectivity index (χ1v) is 8.46. The van der Waals surface area contributed by atoms with Crippen LogP contribution in [-0.4, -0.2) is 40.4 Å². The molecule has 5 nitrogen and oxygen atoms in total. The van der Waals surface area contributed by atoms with Crippen molar-refractivity contribution >= 4 is 23.5 Å². The average molecular weight is 336 g/mol. The van der Waals surface area contributed by atoms with Crippen LogP contribution in [0.4, 0.5) is 4.79 Å². The number of benzene rings is 1. The van der Waals surface area contributed by atoms with Crippen LogP contribution in [0.3, 0.4) is 0 Å². The summed E-state index contributed by atoms with van der Waals surface area (Å²) in [5.74, 6) is 0.0359. The van der Waals surface area contributed by atoms with E-state index in [0.29, 0.717) is 24.7 Å². The Hall–Kier alpha value is -1.75. The number of likely N-dealkylation sites (tertiary alicyclic amines) is 1. The fourth-order valence-electron chi connectivity index (χ4n) is 3.33. The SMILES string of the molecule is CC(C)NC(=O)N1CCC[C@H]1C(=O)N1Cc2ccc(Cl)cc2C1. The molecule has 2 aliphatic heterocycles. The van der Waals surface area contributed by atoms with Crippen molar-refractivity contribution in [3.63, 3.8) is 0 Å². The Morgan fingerprint density at radius 1 is 1.26 bits per heavy atom. The van der Waals surface area contributed by atoms with Crippen molar-refractivity contribution in [2.24, 2.45) is 0 Å². The number of fused-ring (bicyclic) bond motifs is 1. The predicted octanol–water partition coefficient (Wildman–Crippen LogP) is 2.76. The normalized spacial score (nSPS) is 20.1. The molecule has 6 heteroatoms. The quantitative estimate of drug-likeness (QED) is 0.903. The zero-order valence-electron chi connectivity index (χ0n) is 13.5. The molecule has 1 atom stereocenters. The van der Waals surface area contributed by atoms with E-state index in [0.717, 1.165) is 24.0 Å². The summed E-state index contributed by atoms with van der Waals surface area (Å²) >= 11 is 6.03. The van der Waals surface area contributed by atoms with Gasteiger partial charge in [0.25, 0.3) is 0 Å². The van der Waals surface area contributed by atoms with Crippen LogP contribution in [0.25, 0.3) is 0 Å². The second-order valence-corrected chi connectivity index (χ2v) is 7.00. The molecule has 1 aromatic carbocycles. The number of nitrogens with one attached hydrogen (secondary N) is 1. The number of rotatable bonds is 2. The van der Waals surface area contributed by atoms with Gasteiger partial charge in [0.05, 0.1) is 0 Å². The van der Waals surface area contributed by atoms with E-state index in [1.807, 2.05) is 36.9 Å². The molecule has 2 aliphatic rings. The summed E-state index contributed by atoms with van der Waals surface area (Å²) in [4.78, 5) is 28.7. The summed E-state index contributed by atoms with van der Waals surface area (Å²) in [5.41, 5.74) is 2.24. The Balaban J connectivity index is 1.70. The molecule has 1 saturated heterocycles. The first kappa shape index (κ1) is 16.1. The van der Waals surface area contributed by atoms with E-state index >= 15 is 0 Å². The summed E-state index contributed by atoms with van der Waals surface area (Å²) < 4.78 is 0. The molecule has 1 aromatic rings. The van der Waals surface area contributed by atoms with Crippen LogP contribution < -0.4 is 5.32 Å². The number of nitrogens with zero attached hydrogens (tertiary/aromatic N) is 2. The van der Waals surface area contributed by atoms with Crippen LogP contribution in [-0.2, 0) is 17.9 Å². The zero-order chi connectivity index (χ0) is 16.6. The Bertz CT molecular complexity index is 632. The van der Waals surface area contributed by atoms with Gasteiger partial charge in [0.1, 0.15) is 6.04 Å². The predicted molar refractivity (Wildman–Crippen MR) is 89.1 cm³/mol. The van der Waals surface area contributed by atoms with Crippen LogP contribution in [0.1, 0.15) is 37.8 Å². The van der Waals surface area contributed by atoms with Gasteiger partial charge in [-0.3, -0.25) is 4.79 Å². The largest absolute Gasteiger partial charge is 0.336 e. The molecular formula is C17H22ClN3O2. The summed E-state index contributed by atoms with van der Waals surface area (Å²) in [6, 6.07) is 5.32. The van der Waals surface area contributed by atoms with Crippen molar-refractivity contribution in [3.8, 4) is 0 Å². The molecule has 23 heavy (non-hydrogen) atoms. The second-order valence-electron chi connectivity index (χ2n) is 6.56. The highest BCUT2D eigenvalue weighted by atomic mass is 35.5. The number of hydrogen-bond acceptors (Lipinski definition) is 2. The maximum atomic E-state index is 12.9. The Kier molecular flexibility index (Phi) is 4.48. The van der Waals surface area contributed by atoms with Crippen molar-refractivity contribution < 1.29 is 9.59 Å². The molecule has 0 radical (unpaired) electrons. The highest BCUT2D eigenvalue weighted by Gasteiger charge is 2.38. The van der Waals surface area contributed by atoms with Gasteiger partial charge >= 0.3 is 6.03 Å². The molecule has 1 N–H and O–H groups in total. The van der Waals surface area contributed by atoms with Crippen LogP contribution in [0, 0.1) is 0 Å². The van der Waals surface area contributed by atoms with Crippen LogP contribution in [0.2, 0.25) is 5.02 Å². The molecule has 0 saturated carbocycles. The van der Waals surface area contributed by atoms with E-state index in [2.05, 4.69) is 5.32 Å². The van der Waals surface area contributed by atoms with Gasteiger partial charge in [0, 0.05) is 30.7 Å². The third-order valence-corrected chi connectivity index (χ3v) is 4.65. The highest BCUT2D eigenvalue weighted by Crippen LogP contribution is 2.28. The molecule has 3 amide bonds. The van der Waals surface area contributed by atoms with Gasteiger partial charge in [0.15, 0.2) is 0 Å². The van der Waals surface area contributed by atoms with E-state index in [4.69, 9.17) is 11.6 Å². The molecule has 1 fully saturated rings. The summed E-state index contributed by atoms with van der Waals surface area (Å²) in [6.45, 7) is 5.66. The topological polar surface area (TPSA) is 52.7 Å². The fraction of sp³-hybridized carbons (Fsp3) is 0.529. The third kappa shape index (κ3) is 3.29. The van der Waals surface area contributed by atoms with Gasteiger partial charge in [-0.2, -0.15) is 0 Å². The lowest BCUT2D eigenvalue weighted by Crippen LogP contribution is -2.50. The van der Waals surface area contributed by atoms with Crippen LogP contribution >= 0.6 is 11.6 Å². The van der Waals surface area contributed by atoms with E-state index < -0.39 is 0 Å². The summed E-state index contributed by atoms with van der Waals surface area (Å²) in [7, 11) is 0. The number of hydrogen-bond donors (Lipinski definition) is 1. The van der Waals surface area contributed by atoms with Crippen molar-refractivity contribution in [2.45, 2.75) is 51.9 Å². The molecule has 124 valence electrons. The number of carbonyl (C=O) groups excluding carboxylic acids is 2. The van der Waals surface area contributed by atoms with E-state index in [-0.39, 0.29) is 24.0 Å². The molecule has 0 aromatic heterocycles. The van der Waals surface area contributed by atoms with Crippen molar-refractivity contribution in [1.82, 2.24) is 15.1 Å². The minimum absolute atomic E-state index is 0.0359. The molecule has 0 aliphatic carbocycles. The van der Waals surface area contributed by atoms with Crippen LogP contribution in [0.5, 0.6) is 0 Å². The standard InChI is InChI=1S/C17H22ClN3O2/c1-11(2)19-17(23)21-7-3-4-15(21)16(22)20-9-12-5-6-14(18)8-13(12)10-20/h5-6,8,11,15H,3-4,7,9-10H2,1-2H3,(H,19,23)/t15-/m0/s1. The molecule has 2 heterocycles. The van der Waals surface area contributed by atoms with Gasteiger partial charge in [-0.1, -0.05) is 17.7 Å². The maximum absolute atomic E-state index is 12.9. The van der Waals surface area contributed by atoms with Gasteiger partial charge in [-0.05, 0) is 49.9 Å². The van der Waals surface area contributed by atoms with Crippen molar-refractivity contribution in [1.29, 1.82) is 0 Å². The molecule has 0 spiro atoms. The Labute approximate surface area is 141 Å². The van der Waals surface area contributed by atoms with E-state index in [9.17, 15) is 9.59 Å². The smallest absolute Gasteiger partial charge is 0.318 e. The Morgan fingerprint density at radius 2 is 2.00 bits per heavy atom. The third-order valence-electron chi connectivity index (χ3n) is 4.41. The molecule has 0 bridgehead atoms. The van der Waals surface area contributed by atoms with Gasteiger partial charge in [-0.15, -0.1) is 0 Å². The van der Waals surface area contributed by atoms with Crippen LogP contribution in [0.15, 0.2) is 18.2 Å². The minimum Gasteiger partial charge on any atom is -0.336 e. The second kappa shape index (κ2) is 6.40. The van der Waals surface area contributed by atoms with Gasteiger partial charge < -0.3 is 15.1 Å². The van der Waals surface area contributed by atoms with Crippen molar-refractivity contribution in [2.75, 3.05) is 6.54 Å². The summed E-state index contributed by atoms with van der Waals surface area (Å²) in [5, 5.41) is 3.58. The number of carbonyl (C=O) groups is 2. The fourth-order valence-corrected chi connectivity index (χ4v) is 3.52. The first-order chi connectivity index (χ1) is 11.0. The number of amides is 3. The minimum atomic E-state index is -0.349. The summed E-state index contributed by atoms with van der Waals surface area (Å²) in [6.07, 6.45) is 1.60. The molecule has 3 rings (SSSR count). The van der Waals surface area contributed by atoms with E-state index in [1.165, 1.54) is 0 Å². The average Bonchev–Trinajstić information content (AvgIpc) is 3.11. The lowest BCUT2D eigenvalue weighted by Gasteiger charge is -2.28. The zero-order valence-corrected chi connectivity index (χ0v) is 14.3. The first-order valence-electron chi connectivity index (χ1n) is 8.09. The maximum Gasteiger partial charge on any atom is 0.318 e. The van der Waals surface area contributed by atoms with Crippen molar-refractivity contribution in [3.05, 3.63) is 34.3 Å². The molecule has 0 unspecified atom stereocenters. The highest BCUT2D eigenvalue weighted by molar-refractivity contribution is 6.30. The lowest BCUT2D eigenvalue weighted by molar-refractivity contribution is -0.135.